The van der Waals surface area contributed by atoms with E-state index in [9.17, 15) is 9.59 Å². The van der Waals surface area contributed by atoms with E-state index in [-0.39, 0.29) is 5.91 Å². The monoisotopic (exact) mass is 599 g/mol. The van der Waals surface area contributed by atoms with E-state index >= 15 is 0 Å². The van der Waals surface area contributed by atoms with E-state index in [0.29, 0.717) is 17.1 Å². The maximum atomic E-state index is 14.1. The topological polar surface area (TPSA) is 91.1 Å². The fourth-order valence-electron chi connectivity index (χ4n) is 7.34. The molecule has 0 saturated carbocycles. The Morgan fingerprint density at radius 3 is 1.73 bits per heavy atom. The highest BCUT2D eigenvalue weighted by Crippen LogP contribution is 2.59. The van der Waals surface area contributed by atoms with E-state index in [2.05, 4.69) is 91.5 Å². The molecule has 0 aliphatic carbocycles. The molecule has 8 nitrogen and oxygen atoms in total. The van der Waals surface area contributed by atoms with Crippen LogP contribution in [0.15, 0.2) is 84.9 Å². The largest absolute Gasteiger partial charge is 0.455 e. The predicted molar refractivity (Wildman–Crippen MR) is 180 cm³/mol. The third-order valence-corrected chi connectivity index (χ3v) is 9.46. The van der Waals surface area contributed by atoms with Gasteiger partial charge in [-0.3, -0.25) is 4.79 Å². The molecule has 7 rings (SSSR count). The van der Waals surface area contributed by atoms with Crippen LogP contribution in [0.5, 0.6) is 11.5 Å². The van der Waals surface area contributed by atoms with E-state index in [4.69, 9.17) is 10.5 Å². The number of ether oxygens (including phenoxy) is 1. The van der Waals surface area contributed by atoms with Gasteiger partial charge in [-0.25, -0.2) is 15.2 Å². The predicted octanol–water partition coefficient (Wildman–Crippen LogP) is 7.12. The lowest BCUT2D eigenvalue weighted by atomic mass is 9.74. The van der Waals surface area contributed by atoms with Gasteiger partial charge < -0.3 is 20.3 Å². The minimum absolute atomic E-state index is 0.336. The summed E-state index contributed by atoms with van der Waals surface area (Å²) in [6, 6.07) is 27.7. The Balaban J connectivity index is 1.57. The van der Waals surface area contributed by atoms with Crippen molar-refractivity contribution in [2.75, 3.05) is 36.0 Å². The maximum absolute atomic E-state index is 14.1. The third kappa shape index (κ3) is 4.05. The molecule has 0 atom stereocenters. The van der Waals surface area contributed by atoms with Crippen LogP contribution >= 0.6 is 0 Å². The van der Waals surface area contributed by atoms with Gasteiger partial charge in [0.2, 0.25) is 0 Å². The van der Waals surface area contributed by atoms with Gasteiger partial charge in [-0.05, 0) is 80.9 Å². The number of nitrogens with zero attached hydrogens (tertiary/aromatic N) is 3. The second-order valence-corrected chi connectivity index (χ2v) is 11.5. The quantitative estimate of drug-likeness (QED) is 0.208. The number of carbonyl (C=O) groups is 2. The van der Waals surface area contributed by atoms with Crippen molar-refractivity contribution in [1.29, 1.82) is 0 Å². The van der Waals surface area contributed by atoms with E-state index < -0.39 is 11.6 Å². The van der Waals surface area contributed by atoms with Gasteiger partial charge in [-0.1, -0.05) is 42.5 Å². The molecule has 2 heterocycles. The lowest BCUT2D eigenvalue weighted by Gasteiger charge is -2.44. The lowest BCUT2D eigenvalue weighted by Crippen LogP contribution is -2.57. The summed E-state index contributed by atoms with van der Waals surface area (Å²) < 4.78 is 6.99. The number of primary amides is 1. The minimum atomic E-state index is -1.22. The van der Waals surface area contributed by atoms with E-state index in [1.807, 2.05) is 30.3 Å². The van der Waals surface area contributed by atoms with Crippen molar-refractivity contribution in [1.82, 2.24) is 10.4 Å². The molecular weight excluding hydrogens is 562 g/mol. The molecule has 45 heavy (non-hydrogen) atoms. The van der Waals surface area contributed by atoms with Crippen LogP contribution in [-0.4, -0.2) is 43.1 Å². The molecule has 0 bridgehead atoms. The first-order valence-electron chi connectivity index (χ1n) is 15.7. The third-order valence-electron chi connectivity index (χ3n) is 9.46. The number of anilines is 2. The zero-order chi connectivity index (χ0) is 31.5. The smallest absolute Gasteiger partial charge is 0.331 e. The van der Waals surface area contributed by atoms with Crippen molar-refractivity contribution < 1.29 is 14.3 Å². The number of rotatable bonds is 7. The SMILES string of the molecule is CCN(CC)c1ccc2c3c(ccc2c1)C1(c2ccccc2C(=O)N1NC(N)=O)c1ccc2cc(N(CC)CC)ccc2c1O3. The maximum Gasteiger partial charge on any atom is 0.331 e. The van der Waals surface area contributed by atoms with Crippen molar-refractivity contribution >= 4 is 44.9 Å². The lowest BCUT2D eigenvalue weighted by molar-refractivity contribution is 0.0557. The number of fused-ring (bicyclic) bond motifs is 10. The fraction of sp³-hybridized carbons (Fsp3) is 0.243. The Morgan fingerprint density at radius 1 is 0.733 bits per heavy atom. The highest BCUT2D eigenvalue weighted by atomic mass is 16.5. The number of amides is 3. The molecule has 0 aromatic heterocycles. The molecule has 0 fully saturated rings. The van der Waals surface area contributed by atoms with Crippen LogP contribution in [0.2, 0.25) is 0 Å². The summed E-state index contributed by atoms with van der Waals surface area (Å²) in [4.78, 5) is 31.3. The Labute approximate surface area is 262 Å². The first-order valence-corrected chi connectivity index (χ1v) is 15.7. The van der Waals surface area contributed by atoms with E-state index in [1.54, 1.807) is 6.07 Å². The fourth-order valence-corrected chi connectivity index (χ4v) is 7.34. The van der Waals surface area contributed by atoms with Gasteiger partial charge in [0.25, 0.3) is 5.91 Å². The molecule has 8 heteroatoms. The number of carbonyl (C=O) groups excluding carboxylic acids is 2. The highest BCUT2D eigenvalue weighted by molar-refractivity contribution is 6.05. The molecule has 5 aromatic carbocycles. The van der Waals surface area contributed by atoms with Crippen molar-refractivity contribution in [3.05, 3.63) is 107 Å². The van der Waals surface area contributed by atoms with Gasteiger partial charge in [0.1, 0.15) is 17.0 Å². The van der Waals surface area contributed by atoms with Crippen LogP contribution in [-0.2, 0) is 5.54 Å². The van der Waals surface area contributed by atoms with E-state index in [1.165, 1.54) is 5.01 Å². The molecule has 0 radical (unpaired) electrons. The first kappa shape index (κ1) is 28.5. The number of urea groups is 1. The summed E-state index contributed by atoms with van der Waals surface area (Å²) in [7, 11) is 0. The zero-order valence-electron chi connectivity index (χ0n) is 26.1. The Bertz CT molecular complexity index is 1900. The molecule has 1 spiro atoms. The van der Waals surface area contributed by atoms with Crippen LogP contribution in [0.25, 0.3) is 21.5 Å². The molecule has 2 aliphatic rings. The average molecular weight is 600 g/mol. The van der Waals surface area contributed by atoms with Gasteiger partial charge in [-0.2, -0.15) is 0 Å². The molecule has 228 valence electrons. The number of nitrogens with one attached hydrogen (secondary N) is 1. The summed E-state index contributed by atoms with van der Waals surface area (Å²) in [5.74, 6) is 0.955. The van der Waals surface area contributed by atoms with Crippen LogP contribution < -0.4 is 25.7 Å². The van der Waals surface area contributed by atoms with Crippen LogP contribution in [0.3, 0.4) is 0 Å². The Kier molecular flexibility index (Phi) is 6.80. The zero-order valence-corrected chi connectivity index (χ0v) is 26.1. The second-order valence-electron chi connectivity index (χ2n) is 11.5. The van der Waals surface area contributed by atoms with Crippen LogP contribution in [0, 0.1) is 0 Å². The summed E-state index contributed by atoms with van der Waals surface area (Å²) >= 11 is 0. The van der Waals surface area contributed by atoms with Crippen molar-refractivity contribution in [3.63, 3.8) is 0 Å². The molecule has 5 aromatic rings. The Morgan fingerprint density at radius 2 is 1.24 bits per heavy atom. The highest BCUT2D eigenvalue weighted by Gasteiger charge is 2.57. The standard InChI is InChI=1S/C37H37N5O3/c1-5-40(6-2)25-15-17-27-23(21-25)13-19-31-33(27)45-34-28-18-16-26(41(7-3)8-4)22-24(28)14-20-32(34)37(31)30-12-10-9-11-29(30)35(43)42(37)39-36(38)44/h9-22H,5-8H2,1-4H3,(H3,38,39,44). The number of hydrogen-bond acceptors (Lipinski definition) is 5. The number of nitrogens with two attached hydrogens (primary N) is 1. The molecule has 3 amide bonds. The van der Waals surface area contributed by atoms with Crippen LogP contribution in [0.4, 0.5) is 16.2 Å². The minimum Gasteiger partial charge on any atom is -0.455 e. The van der Waals surface area contributed by atoms with Crippen LogP contribution in [0.1, 0.15) is 54.7 Å². The number of hydrazine groups is 1. The van der Waals surface area contributed by atoms with Crippen molar-refractivity contribution in [2.45, 2.75) is 33.2 Å². The van der Waals surface area contributed by atoms with Gasteiger partial charge >= 0.3 is 6.03 Å². The summed E-state index contributed by atoms with van der Waals surface area (Å²) in [5.41, 5.74) is 12.3. The number of benzene rings is 5. The van der Waals surface area contributed by atoms with Crippen molar-refractivity contribution in [2.24, 2.45) is 5.73 Å². The molecule has 0 saturated heterocycles. The summed E-state index contributed by atoms with van der Waals surface area (Å²) in [6.07, 6.45) is 0. The van der Waals surface area contributed by atoms with Crippen molar-refractivity contribution in [3.8, 4) is 11.5 Å². The second kappa shape index (κ2) is 10.7. The molecule has 3 N–H and O–H groups in total. The average Bonchev–Trinajstić information content (AvgIpc) is 3.29. The Hall–Kier alpha value is -5.24. The molecular formula is C37H37N5O3. The first-order chi connectivity index (χ1) is 21.9. The van der Waals surface area contributed by atoms with Gasteiger partial charge in [0.05, 0.1) is 0 Å². The number of hydrogen-bond donors (Lipinski definition) is 2. The molecule has 0 unspecified atom stereocenters. The summed E-state index contributed by atoms with van der Waals surface area (Å²) in [5, 5.41) is 5.27. The molecule has 2 aliphatic heterocycles. The van der Waals surface area contributed by atoms with Gasteiger partial charge in [-0.15, -0.1) is 0 Å². The summed E-state index contributed by atoms with van der Waals surface area (Å²) in [6.45, 7) is 12.2. The van der Waals surface area contributed by atoms with E-state index in [0.717, 1.165) is 75.8 Å². The van der Waals surface area contributed by atoms with Gasteiger partial charge in [0.15, 0.2) is 0 Å². The normalized spacial score (nSPS) is 14.2. The van der Waals surface area contributed by atoms with Gasteiger partial charge in [0, 0.05) is 70.6 Å².